The Morgan fingerprint density at radius 2 is 0.836 bits per heavy atom. The molecule has 8 atom stereocenters. The summed E-state index contributed by atoms with van der Waals surface area (Å²) < 4.78 is 44.7. The van der Waals surface area contributed by atoms with Crippen molar-refractivity contribution in [2.75, 3.05) is 88.6 Å². The number of piperazine rings is 2. The minimum atomic E-state index is -1.08. The van der Waals surface area contributed by atoms with E-state index < -0.39 is 22.8 Å². The third-order valence-corrected chi connectivity index (χ3v) is 25.1. The summed E-state index contributed by atoms with van der Waals surface area (Å²) in [7, 11) is 0. The average molecular weight is 1700 g/mol. The number of carbonyl (C=O) groups is 2. The molecule has 4 aromatic heterocycles. The number of nitrogens with zero attached hydrogens (tertiary/aromatic N) is 14. The van der Waals surface area contributed by atoms with Crippen molar-refractivity contribution in [2.45, 2.75) is 141 Å². The van der Waals surface area contributed by atoms with Crippen LogP contribution >= 0.6 is 69.6 Å². The number of anilines is 2. The fourth-order valence-electron chi connectivity index (χ4n) is 16.4. The largest absolute Gasteiger partial charge is 0.491 e. The van der Waals surface area contributed by atoms with Gasteiger partial charge in [-0.2, -0.15) is 10.2 Å². The van der Waals surface area contributed by atoms with Crippen LogP contribution in [0.1, 0.15) is 89.5 Å². The van der Waals surface area contributed by atoms with Crippen LogP contribution in [-0.2, 0) is 79.1 Å². The number of carbonyl (C=O) groups excluding carboxylic acids is 2. The molecule has 2 N–H and O–H groups in total. The molecule has 2 aliphatic carbocycles. The molecule has 616 valence electrons. The third-order valence-electron chi connectivity index (χ3n) is 23.5. The molecule has 0 spiro atoms. The average Bonchev–Trinajstić information content (AvgIpc) is 1.63. The lowest BCUT2D eigenvalue weighted by molar-refractivity contribution is -0.189. The van der Waals surface area contributed by atoms with E-state index in [0.717, 1.165) is 124 Å². The van der Waals surface area contributed by atoms with Crippen LogP contribution in [0, 0.1) is 22.7 Å². The van der Waals surface area contributed by atoms with E-state index in [9.17, 15) is 19.8 Å². The zero-order chi connectivity index (χ0) is 81.8. The van der Waals surface area contributed by atoms with E-state index in [4.69, 9.17) is 98.0 Å². The number of aliphatic hydroxyl groups is 2. The van der Waals surface area contributed by atoms with Crippen LogP contribution in [0.25, 0.3) is 0 Å². The van der Waals surface area contributed by atoms with Crippen molar-refractivity contribution < 1.29 is 48.2 Å². The topological polar surface area (TPSA) is 240 Å². The molecule has 30 heteroatoms. The predicted molar refractivity (Wildman–Crippen MR) is 448 cm³/mol. The van der Waals surface area contributed by atoms with Gasteiger partial charge in [-0.1, -0.05) is 134 Å². The minimum Gasteiger partial charge on any atom is -0.491 e. The Bertz CT molecular complexity index is 4490. The highest BCUT2D eigenvalue weighted by atomic mass is 35.5. The fraction of sp³-hybridized carbons (Fsp3) is 0.442. The third kappa shape index (κ3) is 20.8. The molecule has 4 aliphatic heterocycles. The van der Waals surface area contributed by atoms with E-state index in [1.807, 2.05) is 141 Å². The van der Waals surface area contributed by atoms with E-state index in [-0.39, 0.29) is 46.7 Å². The number of benzene rings is 6. The SMILES string of the molecule is CC(=O)N1CCN(c2ccc(OC[C@H]3CO[C@](Cn4ccnc4)(c4ccc(Cl)cc4Cl)O3)cc2)CC1.CC(=O)N1CCN(c2ccc(OC[C@H]3CO[C@](Cn4ccnc4)(c4ccc(Cl)cc4Cl)O3)cc2)CC1.CC1(C)CCC(Cc2ccc(Cl)cc2)C1(O)Cn1cncn1.CC1(C)CCC(Cc2ccc(Cl)cc2)C1(O)Cn1cncn1. The molecule has 2 saturated carbocycles. The monoisotopic (exact) mass is 1700 g/mol. The molecule has 16 rings (SSSR count). The Balaban J connectivity index is 0.000000138. The first-order valence-corrected chi connectivity index (χ1v) is 41.4. The maximum absolute atomic E-state index is 11.6. The molecule has 8 heterocycles. The highest BCUT2D eigenvalue weighted by Gasteiger charge is 2.56. The van der Waals surface area contributed by atoms with Gasteiger partial charge >= 0.3 is 0 Å². The highest BCUT2D eigenvalue weighted by molar-refractivity contribution is 6.35. The molecule has 24 nitrogen and oxygen atoms in total. The first kappa shape index (κ1) is 85.5. The van der Waals surface area contributed by atoms with E-state index in [1.54, 1.807) is 85.2 Å². The summed E-state index contributed by atoms with van der Waals surface area (Å²) in [5.74, 6) is 0.00103. The van der Waals surface area contributed by atoms with E-state index in [2.05, 4.69) is 67.6 Å². The number of hydrogen-bond acceptors (Lipinski definition) is 18. The zero-order valence-electron chi connectivity index (χ0n) is 66.0. The molecule has 10 aromatic rings. The summed E-state index contributed by atoms with van der Waals surface area (Å²) in [4.78, 5) is 47.6. The quantitative estimate of drug-likeness (QED) is 0.0641. The second-order valence-corrected chi connectivity index (χ2v) is 34.4. The normalized spacial score (nSPS) is 24.1. The van der Waals surface area contributed by atoms with Crippen molar-refractivity contribution in [3.63, 3.8) is 0 Å². The summed E-state index contributed by atoms with van der Waals surface area (Å²) in [6, 6.07) is 42.4. The summed E-state index contributed by atoms with van der Waals surface area (Å²) >= 11 is 37.2. The first-order chi connectivity index (χ1) is 55.6. The molecule has 0 radical (unpaired) electrons. The minimum absolute atomic E-state index is 0.129. The lowest BCUT2D eigenvalue weighted by Gasteiger charge is -2.40. The Hall–Kier alpha value is -8.34. The van der Waals surface area contributed by atoms with Gasteiger partial charge in [-0.05, 0) is 169 Å². The molecular formula is C86H100Cl6N14O10. The fourth-order valence-corrected chi connectivity index (χ4v) is 17.8. The number of halogens is 6. The molecule has 6 fully saturated rings. The molecule has 4 unspecified atom stereocenters. The predicted octanol–water partition coefficient (Wildman–Crippen LogP) is 15.1. The number of rotatable bonds is 22. The number of hydrogen-bond donors (Lipinski definition) is 2. The molecule has 4 saturated heterocycles. The number of ether oxygens (including phenoxy) is 6. The van der Waals surface area contributed by atoms with E-state index in [1.165, 1.54) is 23.8 Å². The van der Waals surface area contributed by atoms with Gasteiger partial charge in [-0.15, -0.1) is 0 Å². The molecule has 2 amide bonds. The summed E-state index contributed by atoms with van der Waals surface area (Å²) in [5, 5.41) is 34.8. The second kappa shape index (κ2) is 37.7. The van der Waals surface area contributed by atoms with Gasteiger partial charge in [-0.3, -0.25) is 19.0 Å². The van der Waals surface area contributed by atoms with Crippen LogP contribution in [0.3, 0.4) is 0 Å². The Morgan fingerprint density at radius 3 is 1.16 bits per heavy atom. The van der Waals surface area contributed by atoms with Crippen molar-refractivity contribution >= 4 is 92.8 Å². The zero-order valence-corrected chi connectivity index (χ0v) is 70.6. The smallest absolute Gasteiger partial charge is 0.219 e. The van der Waals surface area contributed by atoms with Crippen molar-refractivity contribution in [1.82, 2.24) is 58.4 Å². The van der Waals surface area contributed by atoms with Gasteiger partial charge in [0.1, 0.15) is 62.2 Å². The summed E-state index contributed by atoms with van der Waals surface area (Å²) in [6.45, 7) is 21.2. The van der Waals surface area contributed by atoms with Crippen LogP contribution in [0.4, 0.5) is 11.4 Å². The van der Waals surface area contributed by atoms with Crippen molar-refractivity contribution in [1.29, 1.82) is 0 Å². The van der Waals surface area contributed by atoms with Crippen LogP contribution in [0.5, 0.6) is 11.5 Å². The first-order valence-electron chi connectivity index (χ1n) is 39.2. The molecule has 116 heavy (non-hydrogen) atoms. The molecule has 6 aromatic carbocycles. The van der Waals surface area contributed by atoms with Crippen LogP contribution in [-0.4, -0.2) is 183 Å². The van der Waals surface area contributed by atoms with Gasteiger partial charge in [0.2, 0.25) is 23.4 Å². The lowest BCUT2D eigenvalue weighted by atomic mass is 9.72. The standard InChI is InChI=1S/2C26H28Cl2N4O4.2C17H22ClN3O/c2*1-19(33)31-10-12-32(13-11-31)21-3-5-22(6-4-21)34-15-23-16-35-26(36-23,17-30-9-8-29-18-30)24-7-2-20(27)14-25(24)28;2*1-16(2)8-7-14(9-13-3-5-15(18)6-4-13)17(16,22)10-21-12-19-11-20-21/h2*2-9,14,18,23H,10-13,15-17H2,1H3;2*3-6,11-12,14,22H,7-10H2,1-2H3/t2*23-,26-;;/m00../s1. The van der Waals surface area contributed by atoms with Crippen molar-refractivity contribution in [3.05, 3.63) is 249 Å². The Kier molecular flexibility index (Phi) is 27.8. The second-order valence-electron chi connectivity index (χ2n) is 31.9. The van der Waals surface area contributed by atoms with Gasteiger partial charge in [0.05, 0.1) is 73.3 Å². The van der Waals surface area contributed by atoms with Gasteiger partial charge in [0, 0.05) is 134 Å². The lowest BCUT2D eigenvalue weighted by Crippen LogP contribution is -2.49. The van der Waals surface area contributed by atoms with Crippen LogP contribution < -0.4 is 19.3 Å². The maximum atomic E-state index is 11.6. The van der Waals surface area contributed by atoms with Crippen molar-refractivity contribution in [2.24, 2.45) is 22.7 Å². The molecule has 0 bridgehead atoms. The summed E-state index contributed by atoms with van der Waals surface area (Å²) in [6.07, 6.45) is 22.1. The molecule has 6 aliphatic rings. The highest BCUT2D eigenvalue weighted by Crippen LogP contribution is 2.53. The van der Waals surface area contributed by atoms with Crippen LogP contribution in [0.15, 0.2) is 196 Å². The Morgan fingerprint density at radius 1 is 0.466 bits per heavy atom. The van der Waals surface area contributed by atoms with Gasteiger partial charge in [0.15, 0.2) is 0 Å². The van der Waals surface area contributed by atoms with Gasteiger partial charge in [-0.25, -0.2) is 19.9 Å². The van der Waals surface area contributed by atoms with Gasteiger partial charge in [0.25, 0.3) is 0 Å². The van der Waals surface area contributed by atoms with E-state index >= 15 is 0 Å². The maximum Gasteiger partial charge on any atom is 0.219 e. The van der Waals surface area contributed by atoms with Crippen molar-refractivity contribution in [3.8, 4) is 11.5 Å². The number of imidazole rings is 2. The van der Waals surface area contributed by atoms with Crippen LogP contribution in [0.2, 0.25) is 30.1 Å². The number of aromatic nitrogens is 10. The summed E-state index contributed by atoms with van der Waals surface area (Å²) in [5.41, 5.74) is 4.20. The van der Waals surface area contributed by atoms with Gasteiger partial charge < -0.3 is 67.4 Å². The van der Waals surface area contributed by atoms with E-state index in [0.29, 0.717) is 83.8 Å². The Labute approximate surface area is 707 Å². The number of amides is 2. The molecular weight excluding hydrogens is 1600 g/mol.